The van der Waals surface area contributed by atoms with Crippen LogP contribution in [0.15, 0.2) is 0 Å². The van der Waals surface area contributed by atoms with Gasteiger partial charge in [0.15, 0.2) is 5.25 Å². The van der Waals surface area contributed by atoms with Crippen molar-refractivity contribution in [2.75, 3.05) is 6.61 Å². The first kappa shape index (κ1) is 13.4. The van der Waals surface area contributed by atoms with Crippen molar-refractivity contribution in [2.45, 2.75) is 38.4 Å². The Morgan fingerprint density at radius 2 is 2.00 bits per heavy atom. The molecule has 6 heteroatoms. The van der Waals surface area contributed by atoms with Gasteiger partial charge in [0.05, 0.1) is 6.61 Å². The summed E-state index contributed by atoms with van der Waals surface area (Å²) >= 11 is 0. The van der Waals surface area contributed by atoms with E-state index in [2.05, 4.69) is 4.74 Å². The van der Waals surface area contributed by atoms with Gasteiger partial charge in [0.25, 0.3) is 0 Å². The number of sulfonamides is 1. The molecule has 0 rings (SSSR count). The number of esters is 1. The zero-order valence-corrected chi connectivity index (χ0v) is 9.34. The molecule has 0 bridgehead atoms. The molecule has 84 valence electrons. The Hall–Kier alpha value is -0.620. The van der Waals surface area contributed by atoms with E-state index in [0.29, 0.717) is 6.42 Å². The normalized spacial score (nSPS) is 13.6. The molecule has 0 saturated heterocycles. The standard InChI is InChI=1S/C8H17NO4S/c1-3-5-6-7(14(9,11)12)8(10)13-4-2/h7H,3-6H2,1-2H3,(H2,9,11,12). The van der Waals surface area contributed by atoms with Gasteiger partial charge in [-0.15, -0.1) is 0 Å². The summed E-state index contributed by atoms with van der Waals surface area (Å²) in [4.78, 5) is 11.2. The van der Waals surface area contributed by atoms with E-state index in [1.54, 1.807) is 6.92 Å². The lowest BCUT2D eigenvalue weighted by Crippen LogP contribution is -2.36. The number of carbonyl (C=O) groups is 1. The second-order valence-electron chi connectivity index (χ2n) is 2.97. The number of nitrogens with two attached hydrogens (primary N) is 1. The predicted octanol–water partition coefficient (Wildman–Crippen LogP) is 0.397. The molecule has 0 aromatic carbocycles. The maximum absolute atomic E-state index is 11.2. The third-order valence-electron chi connectivity index (χ3n) is 1.77. The molecule has 0 spiro atoms. The molecule has 1 atom stereocenters. The molecule has 0 aromatic heterocycles. The fourth-order valence-electron chi connectivity index (χ4n) is 1.04. The Morgan fingerprint density at radius 3 is 2.36 bits per heavy atom. The van der Waals surface area contributed by atoms with Crippen LogP contribution in [-0.4, -0.2) is 26.2 Å². The summed E-state index contributed by atoms with van der Waals surface area (Å²) in [7, 11) is -3.83. The average Bonchev–Trinajstić information content (AvgIpc) is 2.03. The second-order valence-corrected chi connectivity index (χ2v) is 4.72. The number of hydrogen-bond acceptors (Lipinski definition) is 4. The fourth-order valence-corrected chi connectivity index (χ4v) is 1.87. The van der Waals surface area contributed by atoms with Crippen LogP contribution in [0, 0.1) is 0 Å². The van der Waals surface area contributed by atoms with Gasteiger partial charge in [0.2, 0.25) is 10.0 Å². The minimum Gasteiger partial charge on any atom is -0.465 e. The zero-order chi connectivity index (χ0) is 11.2. The van der Waals surface area contributed by atoms with Gasteiger partial charge < -0.3 is 4.74 Å². The summed E-state index contributed by atoms with van der Waals surface area (Å²) < 4.78 is 26.7. The van der Waals surface area contributed by atoms with Gasteiger partial charge in [0, 0.05) is 0 Å². The van der Waals surface area contributed by atoms with Crippen LogP contribution in [0.2, 0.25) is 0 Å². The number of ether oxygens (including phenoxy) is 1. The van der Waals surface area contributed by atoms with Crippen molar-refractivity contribution in [2.24, 2.45) is 5.14 Å². The summed E-state index contributed by atoms with van der Waals surface area (Å²) in [6.45, 7) is 3.69. The maximum atomic E-state index is 11.2. The van der Waals surface area contributed by atoms with Crippen molar-refractivity contribution < 1.29 is 17.9 Å². The molecule has 0 fully saturated rings. The molecular formula is C8H17NO4S. The van der Waals surface area contributed by atoms with Gasteiger partial charge in [0.1, 0.15) is 0 Å². The number of primary sulfonamides is 1. The van der Waals surface area contributed by atoms with Crippen molar-refractivity contribution >= 4 is 16.0 Å². The second kappa shape index (κ2) is 5.98. The van der Waals surface area contributed by atoms with Crippen molar-refractivity contribution in [3.63, 3.8) is 0 Å². The molecule has 0 aliphatic carbocycles. The van der Waals surface area contributed by atoms with E-state index >= 15 is 0 Å². The first-order valence-corrected chi connectivity index (χ1v) is 6.22. The van der Waals surface area contributed by atoms with E-state index in [-0.39, 0.29) is 13.0 Å². The molecule has 0 aliphatic heterocycles. The fraction of sp³-hybridized carbons (Fsp3) is 0.875. The van der Waals surface area contributed by atoms with Crippen LogP contribution in [0.1, 0.15) is 33.1 Å². The number of hydrogen-bond donors (Lipinski definition) is 1. The lowest BCUT2D eigenvalue weighted by Gasteiger charge is -2.12. The first-order valence-electron chi connectivity index (χ1n) is 4.61. The zero-order valence-electron chi connectivity index (χ0n) is 8.52. The van der Waals surface area contributed by atoms with Crippen LogP contribution in [0.4, 0.5) is 0 Å². The Labute approximate surface area is 84.7 Å². The molecule has 0 amide bonds. The van der Waals surface area contributed by atoms with Gasteiger partial charge in [-0.05, 0) is 13.3 Å². The van der Waals surface area contributed by atoms with Crippen molar-refractivity contribution in [3.05, 3.63) is 0 Å². The summed E-state index contributed by atoms with van der Waals surface area (Å²) in [6.07, 6.45) is 1.68. The lowest BCUT2D eigenvalue weighted by atomic mass is 10.2. The smallest absolute Gasteiger partial charge is 0.325 e. The number of rotatable bonds is 6. The van der Waals surface area contributed by atoms with Gasteiger partial charge in [-0.1, -0.05) is 19.8 Å². The maximum Gasteiger partial charge on any atom is 0.325 e. The van der Waals surface area contributed by atoms with E-state index < -0.39 is 21.2 Å². The molecule has 14 heavy (non-hydrogen) atoms. The highest BCUT2D eigenvalue weighted by atomic mass is 32.2. The van der Waals surface area contributed by atoms with Gasteiger partial charge >= 0.3 is 5.97 Å². The van der Waals surface area contributed by atoms with Crippen molar-refractivity contribution in [1.82, 2.24) is 0 Å². The molecule has 0 radical (unpaired) electrons. The Bertz CT molecular complexity index is 273. The van der Waals surface area contributed by atoms with Crippen LogP contribution < -0.4 is 5.14 Å². The largest absolute Gasteiger partial charge is 0.465 e. The topological polar surface area (TPSA) is 86.5 Å². The Morgan fingerprint density at radius 1 is 1.43 bits per heavy atom. The highest BCUT2D eigenvalue weighted by Gasteiger charge is 2.30. The van der Waals surface area contributed by atoms with Crippen LogP contribution >= 0.6 is 0 Å². The van der Waals surface area contributed by atoms with Crippen molar-refractivity contribution in [3.8, 4) is 0 Å². The quantitative estimate of drug-likeness (QED) is 0.660. The van der Waals surface area contributed by atoms with E-state index in [1.807, 2.05) is 6.92 Å². The van der Waals surface area contributed by atoms with Crippen LogP contribution in [-0.2, 0) is 19.6 Å². The molecule has 0 saturated carbocycles. The first-order chi connectivity index (χ1) is 6.43. The highest BCUT2D eigenvalue weighted by Crippen LogP contribution is 2.09. The predicted molar refractivity (Wildman–Crippen MR) is 53.1 cm³/mol. The minimum absolute atomic E-state index is 0.164. The SMILES string of the molecule is CCCCC(C(=O)OCC)S(N)(=O)=O. The summed E-state index contributed by atoms with van der Waals surface area (Å²) in [5, 5.41) is 3.72. The van der Waals surface area contributed by atoms with E-state index in [9.17, 15) is 13.2 Å². The van der Waals surface area contributed by atoms with E-state index in [4.69, 9.17) is 5.14 Å². The summed E-state index contributed by atoms with van der Waals surface area (Å²) in [5.74, 6) is -0.747. The minimum atomic E-state index is -3.83. The third kappa shape index (κ3) is 4.57. The van der Waals surface area contributed by atoms with Gasteiger partial charge in [-0.3, -0.25) is 4.79 Å². The molecular weight excluding hydrogens is 206 g/mol. The van der Waals surface area contributed by atoms with Crippen LogP contribution in [0.25, 0.3) is 0 Å². The summed E-state index contributed by atoms with van der Waals surface area (Å²) in [5.41, 5.74) is 0. The lowest BCUT2D eigenvalue weighted by molar-refractivity contribution is -0.142. The molecule has 0 aromatic rings. The number of carbonyl (C=O) groups excluding carboxylic acids is 1. The molecule has 1 unspecified atom stereocenters. The van der Waals surface area contributed by atoms with E-state index in [0.717, 1.165) is 6.42 Å². The number of unbranched alkanes of at least 4 members (excludes halogenated alkanes) is 1. The van der Waals surface area contributed by atoms with Crippen LogP contribution in [0.5, 0.6) is 0 Å². The van der Waals surface area contributed by atoms with E-state index in [1.165, 1.54) is 0 Å². The third-order valence-corrected chi connectivity index (χ3v) is 2.99. The molecule has 0 heterocycles. The Balaban J connectivity index is 4.48. The Kier molecular flexibility index (Phi) is 5.71. The average molecular weight is 223 g/mol. The highest BCUT2D eigenvalue weighted by molar-refractivity contribution is 7.90. The molecule has 0 aliphatic rings. The summed E-state index contributed by atoms with van der Waals surface area (Å²) in [6, 6.07) is 0. The van der Waals surface area contributed by atoms with Gasteiger partial charge in [-0.25, -0.2) is 13.6 Å². The van der Waals surface area contributed by atoms with Crippen LogP contribution in [0.3, 0.4) is 0 Å². The van der Waals surface area contributed by atoms with Gasteiger partial charge in [-0.2, -0.15) is 0 Å². The molecule has 5 nitrogen and oxygen atoms in total. The monoisotopic (exact) mass is 223 g/mol. The molecule has 2 N–H and O–H groups in total. The van der Waals surface area contributed by atoms with Crippen molar-refractivity contribution in [1.29, 1.82) is 0 Å².